The highest BCUT2D eigenvalue weighted by molar-refractivity contribution is 7.98. The van der Waals surface area contributed by atoms with Crippen LogP contribution in [-0.2, 0) is 0 Å². The van der Waals surface area contributed by atoms with E-state index >= 15 is 0 Å². The molecule has 3 heterocycles. The van der Waals surface area contributed by atoms with Gasteiger partial charge in [0.25, 0.3) is 0 Å². The first kappa shape index (κ1) is 21.8. The molecule has 10 nitrogen and oxygen atoms in total. The number of benzene rings is 1. The quantitative estimate of drug-likeness (QED) is 0.555. The van der Waals surface area contributed by atoms with Gasteiger partial charge >= 0.3 is 5.63 Å². The van der Waals surface area contributed by atoms with Gasteiger partial charge in [-0.3, -0.25) is 0 Å². The number of nitrogens with zero attached hydrogens (tertiary/aromatic N) is 4. The van der Waals surface area contributed by atoms with Crippen LogP contribution in [0, 0.1) is 6.92 Å². The van der Waals surface area contributed by atoms with Crippen molar-refractivity contribution in [2.24, 2.45) is 4.99 Å². The molecule has 1 aliphatic heterocycles. The molecule has 4 rings (SSSR count). The van der Waals surface area contributed by atoms with Gasteiger partial charge in [0.15, 0.2) is 11.5 Å². The second-order valence-electron chi connectivity index (χ2n) is 6.98. The van der Waals surface area contributed by atoms with Crippen LogP contribution in [-0.4, -0.2) is 53.2 Å². The molecule has 1 N–H and O–H groups in total. The summed E-state index contributed by atoms with van der Waals surface area (Å²) in [7, 11) is 4.64. The predicted molar refractivity (Wildman–Crippen MR) is 118 cm³/mol. The number of hydrogen-bond donors (Lipinski definition) is 1. The molecule has 0 spiro atoms. The molecule has 32 heavy (non-hydrogen) atoms. The van der Waals surface area contributed by atoms with Crippen molar-refractivity contribution in [3.05, 3.63) is 45.5 Å². The lowest BCUT2D eigenvalue weighted by Crippen LogP contribution is -2.25. The number of aliphatic imine (C=N–C) groups is 1. The van der Waals surface area contributed by atoms with Crippen molar-refractivity contribution in [1.29, 1.82) is 0 Å². The van der Waals surface area contributed by atoms with Crippen molar-refractivity contribution in [2.75, 3.05) is 27.6 Å². The third kappa shape index (κ3) is 3.68. The van der Waals surface area contributed by atoms with Crippen LogP contribution in [0.15, 0.2) is 37.6 Å². The fourth-order valence-corrected chi connectivity index (χ4v) is 4.02. The van der Waals surface area contributed by atoms with E-state index in [1.807, 2.05) is 6.26 Å². The average molecular weight is 458 g/mol. The summed E-state index contributed by atoms with van der Waals surface area (Å²) >= 11 is 1.37. The number of aromatic hydroxyl groups is 1. The fourth-order valence-electron chi connectivity index (χ4n) is 3.68. The van der Waals surface area contributed by atoms with Crippen molar-refractivity contribution in [2.45, 2.75) is 24.5 Å². The molecular formula is C21H22N4O6S. The largest absolute Gasteiger partial charge is 0.507 e. The first-order valence-electron chi connectivity index (χ1n) is 9.62. The maximum atomic E-state index is 12.6. The van der Waals surface area contributed by atoms with E-state index in [4.69, 9.17) is 18.6 Å². The highest BCUT2D eigenvalue weighted by Crippen LogP contribution is 2.43. The van der Waals surface area contributed by atoms with Gasteiger partial charge in [-0.05, 0) is 19.2 Å². The minimum Gasteiger partial charge on any atom is -0.507 e. The van der Waals surface area contributed by atoms with Crippen LogP contribution in [0.5, 0.6) is 23.0 Å². The second kappa shape index (κ2) is 8.58. The highest BCUT2D eigenvalue weighted by Gasteiger charge is 2.33. The number of ether oxygens (including phenoxy) is 3. The zero-order valence-corrected chi connectivity index (χ0v) is 19.0. The van der Waals surface area contributed by atoms with Gasteiger partial charge in [-0.15, -0.1) is 5.10 Å². The van der Waals surface area contributed by atoms with Crippen LogP contribution >= 0.6 is 11.8 Å². The summed E-state index contributed by atoms with van der Waals surface area (Å²) in [5.41, 5.74) is 0.398. The van der Waals surface area contributed by atoms with Gasteiger partial charge in [-0.1, -0.05) is 11.8 Å². The summed E-state index contributed by atoms with van der Waals surface area (Å²) in [4.78, 5) is 21.5. The zero-order valence-electron chi connectivity index (χ0n) is 18.2. The topological polar surface area (TPSA) is 121 Å². The van der Waals surface area contributed by atoms with Crippen molar-refractivity contribution in [1.82, 2.24) is 14.8 Å². The maximum absolute atomic E-state index is 12.6. The number of thioether (sulfide) groups is 1. The average Bonchev–Trinajstić information content (AvgIpc) is 3.20. The van der Waals surface area contributed by atoms with E-state index in [0.717, 1.165) is 5.56 Å². The lowest BCUT2D eigenvalue weighted by atomic mass is 9.95. The number of fused-ring (bicyclic) bond motifs is 1. The second-order valence-corrected chi connectivity index (χ2v) is 7.75. The molecule has 1 aromatic carbocycles. The summed E-state index contributed by atoms with van der Waals surface area (Å²) in [6.45, 7) is 1.59. The van der Waals surface area contributed by atoms with E-state index in [2.05, 4.69) is 15.1 Å². The van der Waals surface area contributed by atoms with Gasteiger partial charge < -0.3 is 23.7 Å². The van der Waals surface area contributed by atoms with Crippen molar-refractivity contribution in [3.63, 3.8) is 0 Å². The molecular weight excluding hydrogens is 436 g/mol. The Hall–Kier alpha value is -3.47. The van der Waals surface area contributed by atoms with E-state index < -0.39 is 11.7 Å². The normalized spacial score (nSPS) is 15.2. The minimum atomic E-state index is -0.669. The Kier molecular flexibility index (Phi) is 5.83. The molecule has 0 amide bonds. The molecule has 0 aliphatic carbocycles. The van der Waals surface area contributed by atoms with Crippen molar-refractivity contribution < 1.29 is 23.7 Å². The third-order valence-electron chi connectivity index (χ3n) is 5.13. The molecule has 0 bridgehead atoms. The number of rotatable bonds is 6. The minimum absolute atomic E-state index is 0.00000459. The Morgan fingerprint density at radius 2 is 1.81 bits per heavy atom. The lowest BCUT2D eigenvalue weighted by Gasteiger charge is -2.25. The summed E-state index contributed by atoms with van der Waals surface area (Å²) in [5, 5.41) is 15.6. The van der Waals surface area contributed by atoms with Crippen LogP contribution in [0.4, 0.5) is 5.95 Å². The Labute approximate surface area is 187 Å². The molecule has 0 radical (unpaired) electrons. The first-order valence-corrected chi connectivity index (χ1v) is 10.8. The molecule has 1 aliphatic rings. The number of aryl methyl sites for hydroxylation is 1. The van der Waals surface area contributed by atoms with Crippen LogP contribution < -0.4 is 19.8 Å². The summed E-state index contributed by atoms with van der Waals surface area (Å²) in [6, 6.07) is 4.47. The van der Waals surface area contributed by atoms with Crippen molar-refractivity contribution >= 4 is 23.4 Å². The van der Waals surface area contributed by atoms with E-state index in [0.29, 0.717) is 39.8 Å². The van der Waals surface area contributed by atoms with Gasteiger partial charge in [0, 0.05) is 24.1 Å². The van der Waals surface area contributed by atoms with Gasteiger partial charge in [0.05, 0.1) is 33.1 Å². The van der Waals surface area contributed by atoms with E-state index in [1.165, 1.54) is 17.8 Å². The molecule has 2 aromatic heterocycles. The smallest absolute Gasteiger partial charge is 0.348 e. The third-order valence-corrected chi connectivity index (χ3v) is 5.67. The van der Waals surface area contributed by atoms with Crippen LogP contribution in [0.1, 0.15) is 29.3 Å². The fraction of sp³-hybridized carbons (Fsp3) is 0.333. The Balaban J connectivity index is 1.93. The van der Waals surface area contributed by atoms with E-state index in [1.54, 1.807) is 45.1 Å². The monoisotopic (exact) mass is 458 g/mol. The standard InChI is InChI=1S/C21H22N4O6S/c1-10-6-14(26)18(19(27)31-10)12-8-13(25-20(22-12)23-21(24-25)32-5)11-7-16(29-3)17(30-4)9-15(11)28-2/h6-7,9,13,26H,8H2,1-5H3/t13-/m1/s1. The molecule has 0 unspecified atom stereocenters. The van der Waals surface area contributed by atoms with Gasteiger partial charge in [-0.2, -0.15) is 4.98 Å². The molecule has 0 saturated carbocycles. The Bertz CT molecular complexity index is 1270. The van der Waals surface area contributed by atoms with E-state index in [-0.39, 0.29) is 17.7 Å². The lowest BCUT2D eigenvalue weighted by molar-refractivity contribution is 0.344. The van der Waals surface area contributed by atoms with E-state index in [9.17, 15) is 9.90 Å². The highest BCUT2D eigenvalue weighted by atomic mass is 32.2. The number of aromatic nitrogens is 3. The van der Waals surface area contributed by atoms with Crippen molar-refractivity contribution in [3.8, 4) is 23.0 Å². The maximum Gasteiger partial charge on any atom is 0.348 e. The molecule has 3 aromatic rings. The summed E-state index contributed by atoms with van der Waals surface area (Å²) < 4.78 is 23.4. The molecule has 0 fully saturated rings. The number of hydrogen-bond acceptors (Lipinski definition) is 10. The predicted octanol–water partition coefficient (Wildman–Crippen LogP) is 3.11. The van der Waals surface area contributed by atoms with Gasteiger partial charge in [0.1, 0.15) is 22.8 Å². The summed E-state index contributed by atoms with van der Waals surface area (Å²) in [6.07, 6.45) is 2.09. The Morgan fingerprint density at radius 1 is 1.12 bits per heavy atom. The Morgan fingerprint density at radius 3 is 2.44 bits per heavy atom. The molecule has 1 atom stereocenters. The van der Waals surface area contributed by atoms with Crippen LogP contribution in [0.3, 0.4) is 0 Å². The first-order chi connectivity index (χ1) is 15.4. The molecule has 168 valence electrons. The molecule has 11 heteroatoms. The van der Waals surface area contributed by atoms with Gasteiger partial charge in [0.2, 0.25) is 11.1 Å². The van der Waals surface area contributed by atoms with Crippen LogP contribution in [0.2, 0.25) is 0 Å². The number of methoxy groups -OCH3 is 3. The van der Waals surface area contributed by atoms with Crippen LogP contribution in [0.25, 0.3) is 0 Å². The summed E-state index contributed by atoms with van der Waals surface area (Å²) in [5.74, 6) is 1.97. The SMILES string of the molecule is COc1cc(OC)c([C@H]2CC(c3c(O)cc(C)oc3=O)=Nc3nc(SC)nn32)cc1OC. The molecule has 0 saturated heterocycles. The van der Waals surface area contributed by atoms with Gasteiger partial charge in [-0.25, -0.2) is 14.5 Å². The zero-order chi connectivity index (χ0) is 23.0.